The van der Waals surface area contributed by atoms with Crippen LogP contribution in [0.5, 0.6) is 0 Å². The summed E-state index contributed by atoms with van der Waals surface area (Å²) >= 11 is 0. The first-order valence-electron chi connectivity index (χ1n) is 7.97. The minimum Gasteiger partial charge on any atom is -0.468 e. The number of furan rings is 1. The minimum atomic E-state index is 0.514. The van der Waals surface area contributed by atoms with Gasteiger partial charge in [0.05, 0.1) is 12.8 Å². The van der Waals surface area contributed by atoms with Gasteiger partial charge in [-0.1, -0.05) is 13.8 Å². The lowest BCUT2D eigenvalue weighted by Gasteiger charge is -2.34. The normalized spacial score (nSPS) is 21.8. The van der Waals surface area contributed by atoms with E-state index >= 15 is 0 Å². The molecule has 0 bridgehead atoms. The van der Waals surface area contributed by atoms with Gasteiger partial charge < -0.3 is 9.73 Å². The van der Waals surface area contributed by atoms with Gasteiger partial charge in [-0.2, -0.15) is 0 Å². The van der Waals surface area contributed by atoms with Crippen LogP contribution in [0.4, 0.5) is 0 Å². The highest BCUT2D eigenvalue weighted by Crippen LogP contribution is 2.27. The summed E-state index contributed by atoms with van der Waals surface area (Å²) in [6, 6.07) is 3.52. The Morgan fingerprint density at radius 3 is 2.65 bits per heavy atom. The molecule has 20 heavy (non-hydrogen) atoms. The Balaban J connectivity index is 1.49. The number of nitrogens with zero attached hydrogens (tertiary/aromatic N) is 2. The largest absolute Gasteiger partial charge is 0.468 e. The molecule has 0 radical (unpaired) electrons. The van der Waals surface area contributed by atoms with Gasteiger partial charge in [-0.25, -0.2) is 0 Å². The molecule has 0 unspecified atom stereocenters. The molecule has 3 rings (SSSR count). The van der Waals surface area contributed by atoms with Gasteiger partial charge in [-0.15, -0.1) is 0 Å². The van der Waals surface area contributed by atoms with Crippen molar-refractivity contribution in [2.24, 2.45) is 0 Å². The number of rotatable bonds is 6. The molecule has 1 aromatic rings. The lowest BCUT2D eigenvalue weighted by Crippen LogP contribution is -2.46. The van der Waals surface area contributed by atoms with E-state index in [0.29, 0.717) is 6.04 Å². The Labute approximate surface area is 122 Å². The summed E-state index contributed by atoms with van der Waals surface area (Å²) in [5.74, 6) is 1.14. The smallest absolute Gasteiger partial charge is 0.122 e. The Morgan fingerprint density at radius 2 is 2.00 bits per heavy atom. The Morgan fingerprint density at radius 1 is 1.25 bits per heavy atom. The molecular weight excluding hydrogens is 250 g/mol. The summed E-state index contributed by atoms with van der Waals surface area (Å²) < 4.78 is 5.69. The van der Waals surface area contributed by atoms with E-state index in [1.54, 1.807) is 0 Å². The molecule has 1 aliphatic carbocycles. The molecule has 4 heteroatoms. The number of piperazine rings is 1. The number of hydrogen-bond acceptors (Lipinski definition) is 4. The van der Waals surface area contributed by atoms with Crippen LogP contribution in [0.2, 0.25) is 0 Å². The van der Waals surface area contributed by atoms with E-state index in [1.165, 1.54) is 44.6 Å². The average molecular weight is 277 g/mol. The van der Waals surface area contributed by atoms with Crippen LogP contribution in [-0.2, 0) is 13.1 Å². The third kappa shape index (κ3) is 3.62. The lowest BCUT2D eigenvalue weighted by molar-refractivity contribution is 0.115. The summed E-state index contributed by atoms with van der Waals surface area (Å²) in [5.41, 5.74) is 1.31. The summed E-state index contributed by atoms with van der Waals surface area (Å²) in [4.78, 5) is 5.18. The third-order valence-corrected chi connectivity index (χ3v) is 4.38. The van der Waals surface area contributed by atoms with Crippen LogP contribution in [0.25, 0.3) is 0 Å². The molecule has 1 aliphatic heterocycles. The monoisotopic (exact) mass is 277 g/mol. The van der Waals surface area contributed by atoms with E-state index in [4.69, 9.17) is 4.42 Å². The molecule has 0 atom stereocenters. The highest BCUT2D eigenvalue weighted by atomic mass is 16.3. The van der Waals surface area contributed by atoms with Crippen molar-refractivity contribution in [3.63, 3.8) is 0 Å². The van der Waals surface area contributed by atoms with Crippen LogP contribution in [0.1, 0.15) is 38.0 Å². The minimum absolute atomic E-state index is 0.514. The van der Waals surface area contributed by atoms with Gasteiger partial charge in [-0.3, -0.25) is 9.80 Å². The van der Waals surface area contributed by atoms with Gasteiger partial charge in [0.2, 0.25) is 0 Å². The maximum Gasteiger partial charge on any atom is 0.122 e. The molecular formula is C16H27N3O. The van der Waals surface area contributed by atoms with Crippen molar-refractivity contribution in [2.45, 2.75) is 51.9 Å². The molecule has 1 saturated carbocycles. The Bertz CT molecular complexity index is 417. The standard InChI is InChI=1S/C16H27N3O/c1-13(2)17-11-14-5-10-20-16(14)12-18-6-8-19(9-7-18)15-3-4-15/h5,10,13,15,17H,3-4,6-9,11-12H2,1-2H3. The van der Waals surface area contributed by atoms with Gasteiger partial charge in [0.15, 0.2) is 0 Å². The van der Waals surface area contributed by atoms with Gasteiger partial charge in [0, 0.05) is 50.4 Å². The summed E-state index contributed by atoms with van der Waals surface area (Å²) in [6.45, 7) is 11.0. The predicted octanol–water partition coefficient (Wildman–Crippen LogP) is 2.06. The highest BCUT2D eigenvalue weighted by Gasteiger charge is 2.31. The van der Waals surface area contributed by atoms with Crippen molar-refractivity contribution in [2.75, 3.05) is 26.2 Å². The second-order valence-electron chi connectivity index (χ2n) is 6.45. The molecule has 0 spiro atoms. The maximum absolute atomic E-state index is 5.69. The predicted molar refractivity (Wildman–Crippen MR) is 80.6 cm³/mol. The van der Waals surface area contributed by atoms with E-state index in [1.807, 2.05) is 6.26 Å². The van der Waals surface area contributed by atoms with Gasteiger partial charge in [-0.05, 0) is 18.9 Å². The van der Waals surface area contributed by atoms with Crippen LogP contribution in [-0.4, -0.2) is 48.1 Å². The number of nitrogens with one attached hydrogen (secondary N) is 1. The molecule has 1 aromatic heterocycles. The topological polar surface area (TPSA) is 31.7 Å². The van der Waals surface area contributed by atoms with E-state index in [9.17, 15) is 0 Å². The van der Waals surface area contributed by atoms with Crippen LogP contribution < -0.4 is 5.32 Å². The summed E-state index contributed by atoms with van der Waals surface area (Å²) in [5, 5.41) is 3.47. The van der Waals surface area contributed by atoms with Crippen molar-refractivity contribution < 1.29 is 4.42 Å². The molecule has 2 heterocycles. The fourth-order valence-electron chi connectivity index (χ4n) is 2.91. The molecule has 1 N–H and O–H groups in total. The first kappa shape index (κ1) is 14.1. The quantitative estimate of drug-likeness (QED) is 0.862. The zero-order chi connectivity index (χ0) is 13.9. The van der Waals surface area contributed by atoms with E-state index < -0.39 is 0 Å². The zero-order valence-corrected chi connectivity index (χ0v) is 12.8. The molecule has 2 fully saturated rings. The van der Waals surface area contributed by atoms with E-state index in [0.717, 1.165) is 24.9 Å². The Hall–Kier alpha value is -0.840. The zero-order valence-electron chi connectivity index (χ0n) is 12.8. The number of hydrogen-bond donors (Lipinski definition) is 1. The van der Waals surface area contributed by atoms with Gasteiger partial charge in [0.25, 0.3) is 0 Å². The van der Waals surface area contributed by atoms with Crippen molar-refractivity contribution in [1.82, 2.24) is 15.1 Å². The van der Waals surface area contributed by atoms with E-state index in [-0.39, 0.29) is 0 Å². The van der Waals surface area contributed by atoms with Crippen LogP contribution in [0.3, 0.4) is 0 Å². The second kappa shape index (κ2) is 6.29. The molecule has 1 saturated heterocycles. The molecule has 112 valence electrons. The maximum atomic E-state index is 5.69. The van der Waals surface area contributed by atoms with Crippen molar-refractivity contribution in [1.29, 1.82) is 0 Å². The fourth-order valence-corrected chi connectivity index (χ4v) is 2.91. The molecule has 0 aromatic carbocycles. The van der Waals surface area contributed by atoms with Crippen LogP contribution in [0.15, 0.2) is 16.7 Å². The molecule has 0 amide bonds. The van der Waals surface area contributed by atoms with Crippen molar-refractivity contribution >= 4 is 0 Å². The van der Waals surface area contributed by atoms with Gasteiger partial charge in [0.1, 0.15) is 5.76 Å². The fraction of sp³-hybridized carbons (Fsp3) is 0.750. The second-order valence-corrected chi connectivity index (χ2v) is 6.45. The van der Waals surface area contributed by atoms with Crippen LogP contribution in [0, 0.1) is 0 Å². The van der Waals surface area contributed by atoms with Gasteiger partial charge >= 0.3 is 0 Å². The average Bonchev–Trinajstić information content (AvgIpc) is 3.19. The molecule has 4 nitrogen and oxygen atoms in total. The van der Waals surface area contributed by atoms with Crippen molar-refractivity contribution in [3.05, 3.63) is 23.7 Å². The lowest BCUT2D eigenvalue weighted by atomic mass is 10.2. The third-order valence-electron chi connectivity index (χ3n) is 4.38. The SMILES string of the molecule is CC(C)NCc1ccoc1CN1CCN(C2CC2)CC1. The van der Waals surface area contributed by atoms with E-state index in [2.05, 4.69) is 35.0 Å². The first-order valence-corrected chi connectivity index (χ1v) is 7.97. The summed E-state index contributed by atoms with van der Waals surface area (Å²) in [7, 11) is 0. The molecule has 2 aliphatic rings. The van der Waals surface area contributed by atoms with Crippen LogP contribution >= 0.6 is 0 Å². The summed E-state index contributed by atoms with van der Waals surface area (Å²) in [6.07, 6.45) is 4.67. The highest BCUT2D eigenvalue weighted by molar-refractivity contribution is 5.17. The Kier molecular flexibility index (Phi) is 4.44. The van der Waals surface area contributed by atoms with Crippen molar-refractivity contribution in [3.8, 4) is 0 Å². The first-order chi connectivity index (χ1) is 9.72.